The van der Waals surface area contributed by atoms with Gasteiger partial charge >= 0.3 is 5.97 Å². The Balaban J connectivity index is 1.77. The number of amides is 2. The molecule has 0 aliphatic heterocycles. The SMILES string of the molecule is CC(C)/C=C(/NC(=O)c1ccco1)C(=O)N[C@@H](Cc1c[nH]c2ccccc12)C(=O)O. The van der Waals surface area contributed by atoms with Gasteiger partial charge in [0.1, 0.15) is 11.7 Å². The predicted octanol–water partition coefficient (Wildman–Crippen LogP) is 2.84. The Kier molecular flexibility index (Phi) is 6.36. The Morgan fingerprint density at radius 1 is 1.17 bits per heavy atom. The highest BCUT2D eigenvalue weighted by molar-refractivity contribution is 6.02. The first-order chi connectivity index (χ1) is 14.3. The van der Waals surface area contributed by atoms with Crippen LogP contribution in [0, 0.1) is 5.92 Å². The van der Waals surface area contributed by atoms with Crippen LogP contribution in [0.3, 0.4) is 0 Å². The van der Waals surface area contributed by atoms with Gasteiger partial charge in [-0.15, -0.1) is 0 Å². The van der Waals surface area contributed by atoms with E-state index in [-0.39, 0.29) is 23.8 Å². The molecule has 2 heterocycles. The van der Waals surface area contributed by atoms with Crippen LogP contribution in [0.1, 0.15) is 30.0 Å². The minimum Gasteiger partial charge on any atom is -0.480 e. The normalized spacial score (nSPS) is 12.7. The van der Waals surface area contributed by atoms with Gasteiger partial charge in [-0.2, -0.15) is 0 Å². The zero-order valence-electron chi connectivity index (χ0n) is 16.6. The van der Waals surface area contributed by atoms with Gasteiger partial charge in [-0.3, -0.25) is 9.59 Å². The lowest BCUT2D eigenvalue weighted by Gasteiger charge is -2.17. The number of hydrogen-bond acceptors (Lipinski definition) is 4. The van der Waals surface area contributed by atoms with Crippen LogP contribution >= 0.6 is 0 Å². The van der Waals surface area contributed by atoms with Gasteiger partial charge in [0.15, 0.2) is 5.76 Å². The largest absolute Gasteiger partial charge is 0.480 e. The lowest BCUT2D eigenvalue weighted by Crippen LogP contribution is -2.45. The standard InChI is InChI=1S/C22H23N3O5/c1-13(2)10-17(24-21(27)19-8-5-9-30-19)20(26)25-18(22(28)29)11-14-12-23-16-7-4-3-6-15(14)16/h3-10,12-13,18,23H,11H2,1-2H3,(H,24,27)(H,25,26)(H,28,29)/b17-10+/t18-/m0/s1. The molecule has 0 saturated heterocycles. The number of carbonyl (C=O) groups excluding carboxylic acids is 2. The molecule has 1 atom stereocenters. The summed E-state index contributed by atoms with van der Waals surface area (Å²) in [6.45, 7) is 3.68. The summed E-state index contributed by atoms with van der Waals surface area (Å²) < 4.78 is 5.04. The summed E-state index contributed by atoms with van der Waals surface area (Å²) in [4.78, 5) is 40.0. The van der Waals surface area contributed by atoms with Crippen LogP contribution in [-0.4, -0.2) is 33.9 Å². The number of fused-ring (bicyclic) bond motifs is 1. The van der Waals surface area contributed by atoms with Crippen molar-refractivity contribution in [3.05, 3.63) is 72.0 Å². The van der Waals surface area contributed by atoms with Crippen LogP contribution in [0.25, 0.3) is 10.9 Å². The molecule has 30 heavy (non-hydrogen) atoms. The Morgan fingerprint density at radius 3 is 2.60 bits per heavy atom. The summed E-state index contributed by atoms with van der Waals surface area (Å²) in [6, 6.07) is 9.37. The first-order valence-electron chi connectivity index (χ1n) is 9.50. The first-order valence-corrected chi connectivity index (χ1v) is 9.50. The van der Waals surface area contributed by atoms with Crippen molar-refractivity contribution in [1.82, 2.24) is 15.6 Å². The number of H-pyrrole nitrogens is 1. The van der Waals surface area contributed by atoms with E-state index in [1.54, 1.807) is 18.3 Å². The Labute approximate surface area is 173 Å². The Morgan fingerprint density at radius 2 is 1.93 bits per heavy atom. The van der Waals surface area contributed by atoms with Crippen molar-refractivity contribution in [3.63, 3.8) is 0 Å². The van der Waals surface area contributed by atoms with Crippen LogP contribution in [0.2, 0.25) is 0 Å². The van der Waals surface area contributed by atoms with Crippen molar-refractivity contribution in [2.24, 2.45) is 5.92 Å². The third-order valence-corrected chi connectivity index (χ3v) is 4.44. The maximum absolute atomic E-state index is 12.8. The number of rotatable bonds is 8. The number of carboxylic acid groups (broad SMARTS) is 1. The van der Waals surface area contributed by atoms with Crippen LogP contribution in [0.5, 0.6) is 0 Å². The summed E-state index contributed by atoms with van der Waals surface area (Å²) in [5.41, 5.74) is 1.62. The molecule has 1 aromatic carbocycles. The number of allylic oxidation sites excluding steroid dienone is 1. The molecular formula is C22H23N3O5. The lowest BCUT2D eigenvalue weighted by atomic mass is 10.0. The molecule has 0 saturated carbocycles. The maximum atomic E-state index is 12.8. The number of carbonyl (C=O) groups is 3. The monoisotopic (exact) mass is 409 g/mol. The average molecular weight is 409 g/mol. The number of aromatic nitrogens is 1. The maximum Gasteiger partial charge on any atom is 0.326 e. The van der Waals surface area contributed by atoms with Gasteiger partial charge in [0.05, 0.1) is 6.26 Å². The van der Waals surface area contributed by atoms with E-state index in [9.17, 15) is 19.5 Å². The van der Waals surface area contributed by atoms with Crippen LogP contribution in [0.4, 0.5) is 0 Å². The molecule has 2 amide bonds. The molecule has 0 unspecified atom stereocenters. The second-order valence-corrected chi connectivity index (χ2v) is 7.18. The lowest BCUT2D eigenvalue weighted by molar-refractivity contribution is -0.141. The number of benzene rings is 1. The summed E-state index contributed by atoms with van der Waals surface area (Å²) >= 11 is 0. The molecule has 3 aromatic rings. The van der Waals surface area contributed by atoms with E-state index in [4.69, 9.17) is 4.42 Å². The number of aromatic amines is 1. The second kappa shape index (κ2) is 9.13. The number of nitrogens with one attached hydrogen (secondary N) is 3. The molecule has 0 bridgehead atoms. The van der Waals surface area contributed by atoms with E-state index in [0.29, 0.717) is 0 Å². The summed E-state index contributed by atoms with van der Waals surface area (Å²) in [6.07, 6.45) is 4.73. The summed E-state index contributed by atoms with van der Waals surface area (Å²) in [7, 11) is 0. The highest BCUT2D eigenvalue weighted by Gasteiger charge is 2.25. The van der Waals surface area contributed by atoms with Gasteiger partial charge in [0, 0.05) is 23.5 Å². The number of furan rings is 1. The van der Waals surface area contributed by atoms with Crippen molar-refractivity contribution >= 4 is 28.7 Å². The fraction of sp³-hybridized carbons (Fsp3) is 0.227. The van der Waals surface area contributed by atoms with E-state index in [1.807, 2.05) is 38.1 Å². The number of hydrogen-bond donors (Lipinski definition) is 4. The zero-order chi connectivity index (χ0) is 21.7. The van der Waals surface area contributed by atoms with E-state index in [2.05, 4.69) is 15.6 Å². The van der Waals surface area contributed by atoms with Crippen LogP contribution in [-0.2, 0) is 16.0 Å². The summed E-state index contributed by atoms with van der Waals surface area (Å²) in [5, 5.41) is 15.5. The molecule has 8 nitrogen and oxygen atoms in total. The average Bonchev–Trinajstić information content (AvgIpc) is 3.37. The van der Waals surface area contributed by atoms with E-state index < -0.39 is 23.8 Å². The molecule has 0 spiro atoms. The third-order valence-electron chi connectivity index (χ3n) is 4.44. The molecule has 8 heteroatoms. The van der Waals surface area contributed by atoms with E-state index in [0.717, 1.165) is 16.5 Å². The molecule has 0 fully saturated rings. The fourth-order valence-corrected chi connectivity index (χ4v) is 3.06. The summed E-state index contributed by atoms with van der Waals surface area (Å²) in [5.74, 6) is -2.46. The number of para-hydroxylation sites is 1. The second-order valence-electron chi connectivity index (χ2n) is 7.18. The van der Waals surface area contributed by atoms with Gasteiger partial charge in [-0.1, -0.05) is 38.1 Å². The zero-order valence-corrected chi connectivity index (χ0v) is 16.6. The first kappa shape index (κ1) is 20.9. The molecule has 3 rings (SSSR count). The predicted molar refractivity (Wildman–Crippen MR) is 111 cm³/mol. The van der Waals surface area contributed by atoms with Crippen molar-refractivity contribution < 1.29 is 23.9 Å². The van der Waals surface area contributed by atoms with Crippen molar-refractivity contribution in [3.8, 4) is 0 Å². The highest BCUT2D eigenvalue weighted by Crippen LogP contribution is 2.19. The van der Waals surface area contributed by atoms with Crippen molar-refractivity contribution in [2.45, 2.75) is 26.3 Å². The van der Waals surface area contributed by atoms with Gasteiger partial charge in [-0.25, -0.2) is 4.79 Å². The minimum absolute atomic E-state index is 0.0309. The highest BCUT2D eigenvalue weighted by atomic mass is 16.4. The molecule has 0 radical (unpaired) electrons. The fourth-order valence-electron chi connectivity index (χ4n) is 3.06. The quantitative estimate of drug-likeness (QED) is 0.426. The van der Waals surface area contributed by atoms with Gasteiger partial charge in [0.25, 0.3) is 11.8 Å². The third kappa shape index (κ3) is 4.96. The van der Waals surface area contributed by atoms with Gasteiger partial charge in [-0.05, 0) is 29.7 Å². The minimum atomic E-state index is -1.17. The van der Waals surface area contributed by atoms with Gasteiger partial charge < -0.3 is 25.1 Å². The molecular weight excluding hydrogens is 386 g/mol. The van der Waals surface area contributed by atoms with Gasteiger partial charge in [0.2, 0.25) is 0 Å². The van der Waals surface area contributed by atoms with Crippen LogP contribution in [0.15, 0.2) is 65.0 Å². The number of aliphatic carboxylic acids is 1. The molecule has 0 aliphatic carbocycles. The Bertz CT molecular complexity index is 1080. The number of carboxylic acids is 1. The topological polar surface area (TPSA) is 124 Å². The molecule has 4 N–H and O–H groups in total. The van der Waals surface area contributed by atoms with E-state index in [1.165, 1.54) is 12.3 Å². The van der Waals surface area contributed by atoms with Crippen LogP contribution < -0.4 is 10.6 Å². The molecule has 0 aliphatic rings. The Hall–Kier alpha value is -3.81. The smallest absolute Gasteiger partial charge is 0.326 e. The van der Waals surface area contributed by atoms with Crippen molar-refractivity contribution in [2.75, 3.05) is 0 Å². The van der Waals surface area contributed by atoms with E-state index >= 15 is 0 Å². The molecule has 156 valence electrons. The molecule has 2 aromatic heterocycles. The van der Waals surface area contributed by atoms with Crippen molar-refractivity contribution in [1.29, 1.82) is 0 Å².